The van der Waals surface area contributed by atoms with E-state index < -0.39 is 28.0 Å². The molecule has 7 nitrogen and oxygen atoms in total. The number of hydrogen-bond acceptors (Lipinski definition) is 6. The average Bonchev–Trinajstić information content (AvgIpc) is 2.54. The standard InChI is InChI=1S/C18H18ClFN2O5/c1-9-13(26-16-10(20)5-6-11(21)15(16)19)8-7-12(22(24)25)14(9)17(23)27-18(2,3)4/h5-8H,21H2,1-4H3. The molecular weight excluding hydrogens is 379 g/mol. The summed E-state index contributed by atoms with van der Waals surface area (Å²) in [6.07, 6.45) is 0. The topological polar surface area (TPSA) is 105 Å². The molecule has 0 aliphatic heterocycles. The predicted molar refractivity (Wildman–Crippen MR) is 98.9 cm³/mol. The molecule has 0 aliphatic carbocycles. The molecule has 0 spiro atoms. The van der Waals surface area contributed by atoms with Crippen molar-refractivity contribution in [1.82, 2.24) is 0 Å². The van der Waals surface area contributed by atoms with E-state index >= 15 is 0 Å². The van der Waals surface area contributed by atoms with E-state index in [0.717, 1.165) is 12.1 Å². The zero-order chi connectivity index (χ0) is 20.5. The lowest BCUT2D eigenvalue weighted by molar-refractivity contribution is -0.385. The predicted octanol–water partition coefficient (Wildman–Crippen LogP) is 5.03. The summed E-state index contributed by atoms with van der Waals surface area (Å²) >= 11 is 5.98. The van der Waals surface area contributed by atoms with Crippen LogP contribution >= 0.6 is 11.6 Å². The molecule has 0 atom stereocenters. The number of benzene rings is 2. The van der Waals surface area contributed by atoms with Crippen molar-refractivity contribution in [2.45, 2.75) is 33.3 Å². The van der Waals surface area contributed by atoms with Crippen molar-refractivity contribution in [2.75, 3.05) is 5.73 Å². The Hall–Kier alpha value is -2.87. The second-order valence-electron chi connectivity index (χ2n) is 6.72. The second-order valence-corrected chi connectivity index (χ2v) is 7.10. The number of carbonyl (C=O) groups excluding carboxylic acids is 1. The van der Waals surface area contributed by atoms with Crippen molar-refractivity contribution < 1.29 is 23.6 Å². The normalized spacial score (nSPS) is 11.2. The van der Waals surface area contributed by atoms with Crippen LogP contribution in [0, 0.1) is 22.9 Å². The van der Waals surface area contributed by atoms with Crippen molar-refractivity contribution in [3.8, 4) is 11.5 Å². The third kappa shape index (κ3) is 4.46. The van der Waals surface area contributed by atoms with Crippen LogP contribution in [0.25, 0.3) is 0 Å². The van der Waals surface area contributed by atoms with Gasteiger partial charge in [-0.05, 0) is 45.9 Å². The van der Waals surface area contributed by atoms with Crippen LogP contribution in [0.15, 0.2) is 24.3 Å². The molecule has 2 aromatic rings. The molecule has 2 N–H and O–H groups in total. The van der Waals surface area contributed by atoms with Crippen LogP contribution in [0.5, 0.6) is 11.5 Å². The molecule has 0 aromatic heterocycles. The highest BCUT2D eigenvalue weighted by Crippen LogP contribution is 2.39. The zero-order valence-electron chi connectivity index (χ0n) is 15.1. The first-order chi connectivity index (χ1) is 12.4. The first-order valence-corrected chi connectivity index (χ1v) is 8.23. The van der Waals surface area contributed by atoms with Crippen LogP contribution in [0.4, 0.5) is 15.8 Å². The molecule has 0 saturated carbocycles. The molecule has 0 radical (unpaired) electrons. The molecule has 2 aromatic carbocycles. The lowest BCUT2D eigenvalue weighted by Gasteiger charge is -2.21. The Morgan fingerprint density at radius 2 is 1.89 bits per heavy atom. The van der Waals surface area contributed by atoms with E-state index in [2.05, 4.69) is 0 Å². The van der Waals surface area contributed by atoms with E-state index in [1.165, 1.54) is 19.1 Å². The van der Waals surface area contributed by atoms with E-state index in [-0.39, 0.29) is 33.3 Å². The number of carbonyl (C=O) groups is 1. The molecule has 0 saturated heterocycles. The first kappa shape index (κ1) is 20.4. The van der Waals surface area contributed by atoms with Gasteiger partial charge in [-0.2, -0.15) is 0 Å². The molecular formula is C18H18ClFN2O5. The van der Waals surface area contributed by atoms with Gasteiger partial charge in [-0.3, -0.25) is 10.1 Å². The largest absolute Gasteiger partial charge is 0.456 e. The third-order valence-electron chi connectivity index (χ3n) is 3.48. The van der Waals surface area contributed by atoms with Gasteiger partial charge in [-0.25, -0.2) is 9.18 Å². The van der Waals surface area contributed by atoms with Crippen molar-refractivity contribution >= 4 is 28.9 Å². The quantitative estimate of drug-likeness (QED) is 0.336. The summed E-state index contributed by atoms with van der Waals surface area (Å²) in [5.74, 6) is -2.00. The number of rotatable bonds is 4. The Morgan fingerprint density at radius 3 is 2.44 bits per heavy atom. The number of nitrogens with two attached hydrogens (primary N) is 1. The highest BCUT2D eigenvalue weighted by atomic mass is 35.5. The van der Waals surface area contributed by atoms with Crippen LogP contribution < -0.4 is 10.5 Å². The number of halogens is 2. The molecule has 144 valence electrons. The zero-order valence-corrected chi connectivity index (χ0v) is 15.9. The van der Waals surface area contributed by atoms with Gasteiger partial charge in [0.25, 0.3) is 5.69 Å². The Bertz CT molecular complexity index is 925. The summed E-state index contributed by atoms with van der Waals surface area (Å²) < 4.78 is 24.8. The number of nitro groups is 1. The number of esters is 1. The maximum atomic E-state index is 14.1. The smallest absolute Gasteiger partial charge is 0.346 e. The molecule has 0 heterocycles. The summed E-state index contributed by atoms with van der Waals surface area (Å²) in [6.45, 7) is 6.33. The number of hydrogen-bond donors (Lipinski definition) is 1. The van der Waals surface area contributed by atoms with E-state index in [4.69, 9.17) is 26.8 Å². The third-order valence-corrected chi connectivity index (χ3v) is 3.87. The van der Waals surface area contributed by atoms with Crippen molar-refractivity contribution in [3.63, 3.8) is 0 Å². The Kier molecular flexibility index (Phi) is 5.60. The van der Waals surface area contributed by atoms with Gasteiger partial charge in [0.2, 0.25) is 0 Å². The van der Waals surface area contributed by atoms with E-state index in [1.807, 2.05) is 0 Å². The number of anilines is 1. The van der Waals surface area contributed by atoms with Crippen LogP contribution in [0.1, 0.15) is 36.7 Å². The Morgan fingerprint density at radius 1 is 1.26 bits per heavy atom. The van der Waals surface area contributed by atoms with Crippen molar-refractivity contribution in [3.05, 3.63) is 56.3 Å². The summed E-state index contributed by atoms with van der Waals surface area (Å²) in [4.78, 5) is 23.1. The molecule has 0 aliphatic rings. The minimum Gasteiger partial charge on any atom is -0.456 e. The van der Waals surface area contributed by atoms with Gasteiger partial charge in [0.05, 0.1) is 10.6 Å². The maximum Gasteiger partial charge on any atom is 0.346 e. The molecule has 0 bridgehead atoms. The van der Waals surface area contributed by atoms with Crippen molar-refractivity contribution in [1.29, 1.82) is 0 Å². The first-order valence-electron chi connectivity index (χ1n) is 7.85. The van der Waals surface area contributed by atoms with E-state index in [0.29, 0.717) is 0 Å². The summed E-state index contributed by atoms with van der Waals surface area (Å²) in [5.41, 5.74) is 4.26. The van der Waals surface area contributed by atoms with Crippen molar-refractivity contribution in [2.24, 2.45) is 0 Å². The number of ether oxygens (including phenoxy) is 2. The number of nitro benzene ring substituents is 1. The fourth-order valence-electron chi connectivity index (χ4n) is 2.28. The van der Waals surface area contributed by atoms with Gasteiger partial charge in [0, 0.05) is 11.6 Å². The summed E-state index contributed by atoms with van der Waals surface area (Å²) in [7, 11) is 0. The van der Waals surface area contributed by atoms with Crippen LogP contribution in [-0.4, -0.2) is 16.5 Å². The monoisotopic (exact) mass is 396 g/mol. The fraction of sp³-hybridized carbons (Fsp3) is 0.278. The summed E-state index contributed by atoms with van der Waals surface area (Å²) in [6, 6.07) is 4.69. The van der Waals surface area contributed by atoms with Crippen LogP contribution in [0.3, 0.4) is 0 Å². The van der Waals surface area contributed by atoms with Gasteiger partial charge in [0.15, 0.2) is 11.6 Å². The molecule has 0 amide bonds. The Balaban J connectivity index is 2.58. The fourth-order valence-corrected chi connectivity index (χ4v) is 2.47. The minimum atomic E-state index is -0.892. The maximum absolute atomic E-state index is 14.1. The average molecular weight is 397 g/mol. The van der Waals surface area contributed by atoms with Crippen LogP contribution in [-0.2, 0) is 4.74 Å². The molecule has 27 heavy (non-hydrogen) atoms. The number of nitrogen functional groups attached to an aromatic ring is 1. The highest BCUT2D eigenvalue weighted by Gasteiger charge is 2.30. The van der Waals surface area contributed by atoms with Gasteiger partial charge >= 0.3 is 5.97 Å². The minimum absolute atomic E-state index is 0.00728. The van der Waals surface area contributed by atoms with Crippen LogP contribution in [0.2, 0.25) is 5.02 Å². The highest BCUT2D eigenvalue weighted by molar-refractivity contribution is 6.34. The van der Waals surface area contributed by atoms with Gasteiger partial charge < -0.3 is 15.2 Å². The molecule has 2 rings (SSSR count). The Labute approximate surface area is 160 Å². The molecule has 0 unspecified atom stereocenters. The van der Waals surface area contributed by atoms with E-state index in [9.17, 15) is 19.3 Å². The lowest BCUT2D eigenvalue weighted by atomic mass is 10.0. The van der Waals surface area contributed by atoms with Gasteiger partial charge in [-0.15, -0.1) is 0 Å². The van der Waals surface area contributed by atoms with E-state index in [1.54, 1.807) is 20.8 Å². The SMILES string of the molecule is Cc1c(Oc2c(F)ccc(N)c2Cl)ccc([N+](=O)[O-])c1C(=O)OC(C)(C)C. The summed E-state index contributed by atoms with van der Waals surface area (Å²) in [5, 5.41) is 11.2. The second kappa shape index (κ2) is 7.40. The van der Waals surface area contributed by atoms with Gasteiger partial charge in [-0.1, -0.05) is 11.6 Å². The molecule has 0 fully saturated rings. The lowest BCUT2D eigenvalue weighted by Crippen LogP contribution is -2.25. The van der Waals surface area contributed by atoms with Gasteiger partial charge in [0.1, 0.15) is 21.9 Å². The number of nitrogens with zero attached hydrogens (tertiary/aromatic N) is 1. The molecule has 9 heteroatoms.